The van der Waals surface area contributed by atoms with Crippen molar-refractivity contribution in [3.63, 3.8) is 0 Å². The van der Waals surface area contributed by atoms with Crippen LogP contribution < -0.4 is 0 Å². The SMILES string of the molecule is CC1(C)CCN(C(=O)OCc2ccccc2)[C@@H](c2ccc(C#N)cc2)C1. The van der Waals surface area contributed by atoms with E-state index in [0.717, 1.165) is 24.0 Å². The first kappa shape index (κ1) is 18.0. The minimum absolute atomic E-state index is 0.0326. The summed E-state index contributed by atoms with van der Waals surface area (Å²) in [5.41, 5.74) is 2.82. The fraction of sp³-hybridized carbons (Fsp3) is 0.364. The molecule has 4 nitrogen and oxygen atoms in total. The van der Waals surface area contributed by atoms with Gasteiger partial charge in [0.05, 0.1) is 17.7 Å². The minimum Gasteiger partial charge on any atom is -0.445 e. The van der Waals surface area contributed by atoms with Gasteiger partial charge in [-0.1, -0.05) is 56.3 Å². The molecule has 0 N–H and O–H groups in total. The van der Waals surface area contributed by atoms with Crippen LogP contribution in [0.2, 0.25) is 0 Å². The number of hydrogen-bond donors (Lipinski definition) is 0. The lowest BCUT2D eigenvalue weighted by molar-refractivity contribution is 0.0395. The molecule has 1 saturated heterocycles. The van der Waals surface area contributed by atoms with Crippen molar-refractivity contribution in [3.8, 4) is 6.07 Å². The Balaban J connectivity index is 1.76. The van der Waals surface area contributed by atoms with Gasteiger partial charge in [0.25, 0.3) is 0 Å². The third kappa shape index (κ3) is 4.23. The van der Waals surface area contributed by atoms with Crippen LogP contribution in [0.5, 0.6) is 0 Å². The first-order valence-electron chi connectivity index (χ1n) is 8.96. The molecule has 2 aromatic carbocycles. The molecule has 134 valence electrons. The van der Waals surface area contributed by atoms with Gasteiger partial charge in [0, 0.05) is 6.54 Å². The van der Waals surface area contributed by atoms with Gasteiger partial charge in [-0.15, -0.1) is 0 Å². The molecule has 0 aliphatic carbocycles. The van der Waals surface area contributed by atoms with Crippen molar-refractivity contribution in [3.05, 3.63) is 71.3 Å². The number of hydrogen-bond acceptors (Lipinski definition) is 3. The zero-order chi connectivity index (χ0) is 18.6. The Bertz CT molecular complexity index is 791. The summed E-state index contributed by atoms with van der Waals surface area (Å²) < 4.78 is 5.57. The molecule has 1 aliphatic rings. The summed E-state index contributed by atoms with van der Waals surface area (Å²) in [6, 6.07) is 19.3. The summed E-state index contributed by atoms with van der Waals surface area (Å²) in [5.74, 6) is 0. The van der Waals surface area contributed by atoms with Gasteiger partial charge < -0.3 is 9.64 Å². The lowest BCUT2D eigenvalue weighted by Crippen LogP contribution is -2.43. The van der Waals surface area contributed by atoms with Crippen LogP contribution in [0.1, 0.15) is 49.4 Å². The Morgan fingerprint density at radius 1 is 1.19 bits per heavy atom. The highest BCUT2D eigenvalue weighted by atomic mass is 16.6. The Morgan fingerprint density at radius 3 is 2.54 bits per heavy atom. The van der Waals surface area contributed by atoms with Crippen molar-refractivity contribution in [2.75, 3.05) is 6.54 Å². The van der Waals surface area contributed by atoms with E-state index in [4.69, 9.17) is 10.00 Å². The number of rotatable bonds is 3. The summed E-state index contributed by atoms with van der Waals surface area (Å²) in [7, 11) is 0. The number of piperidine rings is 1. The second kappa shape index (κ2) is 7.61. The van der Waals surface area contributed by atoms with E-state index in [9.17, 15) is 4.79 Å². The number of carbonyl (C=O) groups excluding carboxylic acids is 1. The maximum Gasteiger partial charge on any atom is 0.410 e. The van der Waals surface area contributed by atoms with Gasteiger partial charge in [-0.25, -0.2) is 4.79 Å². The molecule has 1 amide bonds. The van der Waals surface area contributed by atoms with Gasteiger partial charge in [-0.2, -0.15) is 5.26 Å². The normalized spacial score (nSPS) is 18.8. The predicted octanol–water partition coefficient (Wildman–Crippen LogP) is 5.06. The van der Waals surface area contributed by atoms with Gasteiger partial charge in [0.1, 0.15) is 6.61 Å². The van der Waals surface area contributed by atoms with Crippen molar-refractivity contribution in [2.24, 2.45) is 5.41 Å². The van der Waals surface area contributed by atoms with Crippen molar-refractivity contribution in [1.82, 2.24) is 4.90 Å². The molecule has 0 unspecified atom stereocenters. The molecule has 0 saturated carbocycles. The molecule has 0 bridgehead atoms. The van der Waals surface area contributed by atoms with Crippen LogP contribution in [0.3, 0.4) is 0 Å². The van der Waals surface area contributed by atoms with Crippen LogP contribution in [-0.4, -0.2) is 17.5 Å². The van der Waals surface area contributed by atoms with Crippen molar-refractivity contribution in [2.45, 2.75) is 39.3 Å². The maximum atomic E-state index is 12.7. The molecule has 1 atom stereocenters. The highest BCUT2D eigenvalue weighted by Gasteiger charge is 2.37. The molecule has 3 rings (SSSR count). The van der Waals surface area contributed by atoms with Crippen LogP contribution in [0, 0.1) is 16.7 Å². The highest BCUT2D eigenvalue weighted by molar-refractivity contribution is 5.68. The van der Waals surface area contributed by atoms with Gasteiger partial charge >= 0.3 is 6.09 Å². The Labute approximate surface area is 155 Å². The fourth-order valence-corrected chi connectivity index (χ4v) is 3.41. The molecule has 2 aromatic rings. The number of amides is 1. The summed E-state index contributed by atoms with van der Waals surface area (Å²) in [6.07, 6.45) is 1.54. The number of carbonyl (C=O) groups is 1. The molecule has 1 heterocycles. The minimum atomic E-state index is -0.279. The largest absolute Gasteiger partial charge is 0.445 e. The smallest absolute Gasteiger partial charge is 0.410 e. The summed E-state index contributed by atoms with van der Waals surface area (Å²) in [4.78, 5) is 14.6. The highest BCUT2D eigenvalue weighted by Crippen LogP contribution is 2.41. The quantitative estimate of drug-likeness (QED) is 0.779. The standard InChI is InChI=1S/C22H24N2O2/c1-22(2)12-13-24(21(25)26-16-18-6-4-3-5-7-18)20(14-22)19-10-8-17(15-23)9-11-19/h3-11,20H,12-14,16H2,1-2H3/t20-/m1/s1. The average molecular weight is 348 g/mol. The van der Waals surface area contributed by atoms with Crippen LogP contribution in [-0.2, 0) is 11.3 Å². The lowest BCUT2D eigenvalue weighted by atomic mass is 9.77. The zero-order valence-corrected chi connectivity index (χ0v) is 15.3. The Morgan fingerprint density at radius 2 is 1.88 bits per heavy atom. The molecule has 26 heavy (non-hydrogen) atoms. The van der Waals surface area contributed by atoms with Gasteiger partial charge in [-0.05, 0) is 41.5 Å². The van der Waals surface area contributed by atoms with E-state index in [2.05, 4.69) is 19.9 Å². The second-order valence-electron chi connectivity index (χ2n) is 7.60. The van der Waals surface area contributed by atoms with Crippen molar-refractivity contribution in [1.29, 1.82) is 5.26 Å². The van der Waals surface area contributed by atoms with E-state index < -0.39 is 0 Å². The number of nitriles is 1. The van der Waals surface area contributed by atoms with E-state index in [0.29, 0.717) is 12.1 Å². The number of nitrogens with zero attached hydrogens (tertiary/aromatic N) is 2. The molecule has 0 aromatic heterocycles. The molecule has 1 aliphatic heterocycles. The van der Waals surface area contributed by atoms with E-state index in [1.165, 1.54) is 0 Å². The Kier molecular flexibility index (Phi) is 5.27. The third-order valence-electron chi connectivity index (χ3n) is 5.02. The number of likely N-dealkylation sites (tertiary alicyclic amines) is 1. The molecular weight excluding hydrogens is 324 g/mol. The topological polar surface area (TPSA) is 53.3 Å². The molecular formula is C22H24N2O2. The van der Waals surface area contributed by atoms with Crippen LogP contribution in [0.4, 0.5) is 4.79 Å². The maximum absolute atomic E-state index is 12.7. The van der Waals surface area contributed by atoms with Crippen molar-refractivity contribution < 1.29 is 9.53 Å². The molecule has 4 heteroatoms. The van der Waals surface area contributed by atoms with E-state index in [1.54, 1.807) is 0 Å². The third-order valence-corrected chi connectivity index (χ3v) is 5.02. The van der Waals surface area contributed by atoms with Gasteiger partial charge in [0.2, 0.25) is 0 Å². The summed E-state index contributed by atoms with van der Waals surface area (Å²) >= 11 is 0. The number of ether oxygens (including phenoxy) is 1. The lowest BCUT2D eigenvalue weighted by Gasteiger charge is -2.43. The van der Waals surface area contributed by atoms with Gasteiger partial charge in [-0.3, -0.25) is 0 Å². The monoisotopic (exact) mass is 348 g/mol. The van der Waals surface area contributed by atoms with E-state index in [-0.39, 0.29) is 24.2 Å². The first-order valence-corrected chi connectivity index (χ1v) is 8.96. The summed E-state index contributed by atoms with van der Waals surface area (Å²) in [6.45, 7) is 5.41. The van der Waals surface area contributed by atoms with Crippen LogP contribution in [0.25, 0.3) is 0 Å². The van der Waals surface area contributed by atoms with Crippen LogP contribution >= 0.6 is 0 Å². The number of benzene rings is 2. The zero-order valence-electron chi connectivity index (χ0n) is 15.3. The Hall–Kier alpha value is -2.80. The van der Waals surface area contributed by atoms with Crippen molar-refractivity contribution >= 4 is 6.09 Å². The average Bonchev–Trinajstić information content (AvgIpc) is 2.66. The first-order chi connectivity index (χ1) is 12.5. The molecule has 0 spiro atoms. The fourth-order valence-electron chi connectivity index (χ4n) is 3.41. The molecule has 0 radical (unpaired) electrons. The van der Waals surface area contributed by atoms with Crippen LogP contribution in [0.15, 0.2) is 54.6 Å². The summed E-state index contributed by atoms with van der Waals surface area (Å²) in [5, 5.41) is 9.01. The van der Waals surface area contributed by atoms with E-state index >= 15 is 0 Å². The van der Waals surface area contributed by atoms with Gasteiger partial charge in [0.15, 0.2) is 0 Å². The molecule has 1 fully saturated rings. The second-order valence-corrected chi connectivity index (χ2v) is 7.60. The predicted molar refractivity (Wildman–Crippen MR) is 100 cm³/mol. The van der Waals surface area contributed by atoms with E-state index in [1.807, 2.05) is 59.5 Å².